The Morgan fingerprint density at radius 1 is 1.11 bits per heavy atom. The largest absolute Gasteiger partial charge is 0.481 e. The maximum atomic E-state index is 13.7. The highest BCUT2D eigenvalue weighted by molar-refractivity contribution is 7.39. The average molecular weight is 510 g/mol. The molecule has 2 unspecified atom stereocenters. The summed E-state index contributed by atoms with van der Waals surface area (Å²) in [5.74, 6) is 4.47. The molecule has 0 aliphatic carbocycles. The third kappa shape index (κ3) is 7.60. The Labute approximate surface area is 211 Å². The molecule has 0 fully saturated rings. The number of aliphatic hydroxyl groups is 1. The quantitative estimate of drug-likeness (QED) is 0.306. The second-order valence-corrected chi connectivity index (χ2v) is 10.8. The number of benzene rings is 2. The third-order valence-corrected chi connectivity index (χ3v) is 6.56. The Kier molecular flexibility index (Phi) is 9.17. The van der Waals surface area contributed by atoms with Gasteiger partial charge in [0.1, 0.15) is 12.4 Å². The van der Waals surface area contributed by atoms with Gasteiger partial charge in [-0.1, -0.05) is 75.1 Å². The van der Waals surface area contributed by atoms with E-state index in [4.69, 9.17) is 14.6 Å². The van der Waals surface area contributed by atoms with Gasteiger partial charge in [-0.25, -0.2) is 4.39 Å². The van der Waals surface area contributed by atoms with Crippen molar-refractivity contribution in [1.82, 2.24) is 4.98 Å². The minimum Gasteiger partial charge on any atom is -0.481 e. The van der Waals surface area contributed by atoms with Gasteiger partial charge >= 0.3 is 5.97 Å². The molecule has 1 aromatic heterocycles. The number of hydrogen-bond donors (Lipinski definition) is 2. The van der Waals surface area contributed by atoms with Crippen molar-refractivity contribution in [2.24, 2.45) is 0 Å². The molecule has 3 rings (SSSR count). The molecule has 0 amide bonds. The Morgan fingerprint density at radius 2 is 1.78 bits per heavy atom. The molecule has 2 N–H and O–H groups in total. The van der Waals surface area contributed by atoms with Crippen molar-refractivity contribution < 1.29 is 28.5 Å². The van der Waals surface area contributed by atoms with Crippen LogP contribution in [0.4, 0.5) is 4.39 Å². The van der Waals surface area contributed by atoms with Gasteiger partial charge in [-0.3, -0.25) is 14.3 Å². The van der Waals surface area contributed by atoms with Gasteiger partial charge in [0.05, 0.1) is 29.5 Å². The van der Waals surface area contributed by atoms with E-state index in [0.29, 0.717) is 5.56 Å². The highest BCUT2D eigenvalue weighted by Crippen LogP contribution is 2.35. The molecule has 0 spiro atoms. The molecule has 0 aliphatic rings. The van der Waals surface area contributed by atoms with Gasteiger partial charge in [0.25, 0.3) is 0 Å². The monoisotopic (exact) mass is 509 g/mol. The van der Waals surface area contributed by atoms with Gasteiger partial charge < -0.3 is 14.7 Å². The average Bonchev–Trinajstić information content (AvgIpc) is 2.81. The lowest BCUT2D eigenvalue weighted by molar-refractivity contribution is -0.138. The first-order valence-electron chi connectivity index (χ1n) is 11.5. The SMILES string of the molecule is CC(C)(C)c1nc(-c2ccccc2)cc(-c2ccc(F)cc2)c1C#CCO[PH](=O)CC(O)CC(=O)O. The van der Waals surface area contributed by atoms with Crippen molar-refractivity contribution in [2.45, 2.75) is 38.7 Å². The summed E-state index contributed by atoms with van der Waals surface area (Å²) >= 11 is 0. The molecule has 0 aliphatic heterocycles. The number of aliphatic carboxylic acids is 1. The van der Waals surface area contributed by atoms with Crippen molar-refractivity contribution >= 4 is 14.0 Å². The molecule has 1 heterocycles. The lowest BCUT2D eigenvalue weighted by Crippen LogP contribution is -2.17. The predicted octanol–water partition coefficient (Wildman–Crippen LogP) is 5.53. The molecule has 6 nitrogen and oxygen atoms in total. The van der Waals surface area contributed by atoms with E-state index < -0.39 is 26.5 Å². The van der Waals surface area contributed by atoms with E-state index in [2.05, 4.69) is 11.8 Å². The number of carboxylic acids is 1. The second kappa shape index (κ2) is 12.1. The zero-order valence-electron chi connectivity index (χ0n) is 20.4. The van der Waals surface area contributed by atoms with Gasteiger partial charge in [-0.15, -0.1) is 0 Å². The Bertz CT molecular complexity index is 1290. The topological polar surface area (TPSA) is 96.7 Å². The summed E-state index contributed by atoms with van der Waals surface area (Å²) in [6.07, 6.45) is -1.99. The first-order chi connectivity index (χ1) is 17.0. The lowest BCUT2D eigenvalue weighted by atomic mass is 9.84. The van der Waals surface area contributed by atoms with Crippen LogP contribution in [0.3, 0.4) is 0 Å². The first kappa shape index (κ1) is 27.3. The van der Waals surface area contributed by atoms with E-state index >= 15 is 0 Å². The number of rotatable bonds is 8. The van der Waals surface area contributed by atoms with Crippen LogP contribution in [0.2, 0.25) is 0 Å². The van der Waals surface area contributed by atoms with Crippen molar-refractivity contribution in [2.75, 3.05) is 12.8 Å². The Hall–Kier alpha value is -3.30. The molecule has 3 aromatic rings. The second-order valence-electron chi connectivity index (χ2n) is 9.32. The van der Waals surface area contributed by atoms with Crippen molar-refractivity contribution in [3.63, 3.8) is 0 Å². The molecule has 0 saturated carbocycles. The summed E-state index contributed by atoms with van der Waals surface area (Å²) < 4.78 is 31.0. The van der Waals surface area contributed by atoms with E-state index in [1.165, 1.54) is 12.1 Å². The summed E-state index contributed by atoms with van der Waals surface area (Å²) in [5.41, 5.74) is 4.29. The van der Waals surface area contributed by atoms with Crippen LogP contribution in [0, 0.1) is 17.7 Å². The number of carboxylic acid groups (broad SMARTS) is 1. The summed E-state index contributed by atoms with van der Waals surface area (Å²) in [6, 6.07) is 17.8. The van der Waals surface area contributed by atoms with Crippen molar-refractivity contribution in [3.8, 4) is 34.2 Å². The van der Waals surface area contributed by atoms with Gasteiger partial charge in [0.15, 0.2) is 8.03 Å². The number of aliphatic hydroxyl groups excluding tert-OH is 1. The third-order valence-electron chi connectivity index (χ3n) is 5.29. The fraction of sp³-hybridized carbons (Fsp3) is 0.286. The van der Waals surface area contributed by atoms with E-state index in [1.54, 1.807) is 12.1 Å². The van der Waals surface area contributed by atoms with E-state index in [-0.39, 0.29) is 24.0 Å². The number of pyridine rings is 1. The maximum absolute atomic E-state index is 13.7. The van der Waals surface area contributed by atoms with Crippen molar-refractivity contribution in [3.05, 3.63) is 77.7 Å². The first-order valence-corrected chi connectivity index (χ1v) is 13.0. The van der Waals surface area contributed by atoms with Crippen LogP contribution in [0.5, 0.6) is 0 Å². The standard InChI is InChI=1S/C28H29FNO5P/c1-28(2,3)27-23(10-7-15-35-36(34)18-22(31)16-26(32)33)24(19-11-13-21(29)14-12-19)17-25(30-27)20-8-5-4-6-9-20/h4-6,8-9,11-14,17,22,31,36H,15-16,18H2,1-3H3,(H,32,33). The number of halogens is 1. The van der Waals surface area contributed by atoms with Gasteiger partial charge in [0, 0.05) is 22.7 Å². The van der Waals surface area contributed by atoms with Crippen molar-refractivity contribution in [1.29, 1.82) is 0 Å². The molecule has 0 radical (unpaired) electrons. The highest BCUT2D eigenvalue weighted by atomic mass is 31.1. The predicted molar refractivity (Wildman–Crippen MR) is 139 cm³/mol. The summed E-state index contributed by atoms with van der Waals surface area (Å²) in [6.45, 7) is 5.93. The smallest absolute Gasteiger partial charge is 0.305 e. The molecule has 2 aromatic carbocycles. The van der Waals surface area contributed by atoms with Crippen LogP contribution in [0.15, 0.2) is 60.7 Å². The molecular weight excluding hydrogens is 480 g/mol. The van der Waals surface area contributed by atoms with E-state index in [9.17, 15) is 18.9 Å². The normalized spacial score (nSPS) is 12.9. The minimum absolute atomic E-state index is 0.162. The minimum atomic E-state index is -2.66. The van der Waals surface area contributed by atoms with Crippen LogP contribution in [0.1, 0.15) is 38.4 Å². The van der Waals surface area contributed by atoms with Crippen LogP contribution in [-0.2, 0) is 19.3 Å². The van der Waals surface area contributed by atoms with Gasteiger partial charge in [-0.2, -0.15) is 0 Å². The fourth-order valence-electron chi connectivity index (χ4n) is 3.59. The van der Waals surface area contributed by atoms with E-state index in [0.717, 1.165) is 28.1 Å². The molecule has 2 atom stereocenters. The lowest BCUT2D eigenvalue weighted by Gasteiger charge is -2.23. The van der Waals surface area contributed by atoms with Gasteiger partial charge in [-0.05, 0) is 23.8 Å². The van der Waals surface area contributed by atoms with Gasteiger partial charge in [0.2, 0.25) is 0 Å². The number of carbonyl (C=O) groups is 1. The molecule has 0 saturated heterocycles. The summed E-state index contributed by atoms with van der Waals surface area (Å²) in [7, 11) is -2.66. The highest BCUT2D eigenvalue weighted by Gasteiger charge is 2.24. The Balaban J connectivity index is 2.00. The summed E-state index contributed by atoms with van der Waals surface area (Å²) in [5, 5.41) is 18.4. The van der Waals surface area contributed by atoms with Crippen LogP contribution >= 0.6 is 8.03 Å². The molecule has 8 heteroatoms. The molecule has 0 bridgehead atoms. The van der Waals surface area contributed by atoms with Crippen LogP contribution in [0.25, 0.3) is 22.4 Å². The zero-order valence-corrected chi connectivity index (χ0v) is 21.4. The molecule has 36 heavy (non-hydrogen) atoms. The number of hydrogen-bond acceptors (Lipinski definition) is 5. The Morgan fingerprint density at radius 3 is 2.39 bits per heavy atom. The van der Waals surface area contributed by atoms with E-state index in [1.807, 2.05) is 57.2 Å². The number of aromatic nitrogens is 1. The van der Waals surface area contributed by atoms with Crippen LogP contribution in [-0.4, -0.2) is 40.0 Å². The number of nitrogens with zero attached hydrogens (tertiary/aromatic N) is 1. The fourth-order valence-corrected chi connectivity index (χ4v) is 4.47. The molecule has 188 valence electrons. The molecular formula is C28H29FNO5P. The zero-order chi connectivity index (χ0) is 26.3. The maximum Gasteiger partial charge on any atom is 0.305 e. The summed E-state index contributed by atoms with van der Waals surface area (Å²) in [4.78, 5) is 15.6. The van der Waals surface area contributed by atoms with Crippen LogP contribution < -0.4 is 0 Å².